The van der Waals surface area contributed by atoms with Gasteiger partial charge >= 0.3 is 0 Å². The Bertz CT molecular complexity index is 1160. The summed E-state index contributed by atoms with van der Waals surface area (Å²) < 4.78 is 19.5. The zero-order valence-electron chi connectivity index (χ0n) is 21.0. The van der Waals surface area contributed by atoms with Gasteiger partial charge in [-0.25, -0.2) is 4.68 Å². The van der Waals surface area contributed by atoms with Gasteiger partial charge in [0.25, 0.3) is 0 Å². The Kier molecular flexibility index (Phi) is 9.33. The van der Waals surface area contributed by atoms with Crippen molar-refractivity contribution in [2.75, 3.05) is 19.8 Å². The lowest BCUT2D eigenvalue weighted by molar-refractivity contribution is 0.0116. The Labute approximate surface area is 212 Å². The van der Waals surface area contributed by atoms with E-state index in [2.05, 4.69) is 11.8 Å². The fourth-order valence-electron chi connectivity index (χ4n) is 4.02. The molecule has 0 saturated carbocycles. The predicted octanol–water partition coefficient (Wildman–Crippen LogP) is 5.75. The number of ether oxygens (including phenoxy) is 2. The third-order valence-corrected chi connectivity index (χ3v) is 5.86. The van der Waals surface area contributed by atoms with Crippen LogP contribution in [0.25, 0.3) is 5.69 Å². The summed E-state index contributed by atoms with van der Waals surface area (Å²) in [5, 5.41) is 15.6. The number of aliphatic hydroxyl groups excluding tert-OH is 1. The molecule has 0 aliphatic rings. The Hall–Kier alpha value is -3.39. The fraction of sp³-hybridized carbons (Fsp3) is 0.345. The van der Waals surface area contributed by atoms with E-state index in [0.29, 0.717) is 38.7 Å². The summed E-state index contributed by atoms with van der Waals surface area (Å²) in [7, 11) is 0. The van der Waals surface area contributed by atoms with Crippen LogP contribution < -0.4 is 4.74 Å². The van der Waals surface area contributed by atoms with Crippen molar-refractivity contribution >= 4 is 0 Å². The number of furan rings is 1. The lowest BCUT2D eigenvalue weighted by Gasteiger charge is -2.24. The Balaban J connectivity index is 1.61. The van der Waals surface area contributed by atoms with Crippen LogP contribution in [0.3, 0.4) is 0 Å². The maximum absolute atomic E-state index is 10.7. The average Bonchev–Trinajstić information content (AvgIpc) is 3.51. The first-order chi connectivity index (χ1) is 17.6. The van der Waals surface area contributed by atoms with E-state index in [4.69, 9.17) is 19.0 Å². The molecule has 4 aromatic rings. The van der Waals surface area contributed by atoms with Gasteiger partial charge in [0.2, 0.25) is 5.88 Å². The van der Waals surface area contributed by atoms with Gasteiger partial charge in [-0.2, -0.15) is 5.10 Å². The summed E-state index contributed by atoms with van der Waals surface area (Å²) >= 11 is 0. The molecule has 2 aromatic heterocycles. The highest BCUT2D eigenvalue weighted by atomic mass is 16.5. The maximum atomic E-state index is 10.7. The number of aromatic nitrogens is 2. The van der Waals surface area contributed by atoms with Crippen LogP contribution >= 0.6 is 0 Å². The third-order valence-electron chi connectivity index (χ3n) is 5.86. The van der Waals surface area contributed by atoms with Crippen LogP contribution in [-0.4, -0.2) is 45.6 Å². The van der Waals surface area contributed by atoms with Crippen LogP contribution in [0, 0.1) is 6.92 Å². The van der Waals surface area contributed by atoms with Gasteiger partial charge in [-0.3, -0.25) is 4.90 Å². The molecule has 0 spiro atoms. The number of benzene rings is 2. The molecule has 1 N–H and O–H groups in total. The van der Waals surface area contributed by atoms with Gasteiger partial charge in [0, 0.05) is 19.7 Å². The lowest BCUT2D eigenvalue weighted by atomic mass is 10.2. The molecule has 190 valence electrons. The topological polar surface area (TPSA) is 72.9 Å². The minimum atomic E-state index is -0.625. The van der Waals surface area contributed by atoms with Gasteiger partial charge in [0.05, 0.1) is 42.5 Å². The quantitative estimate of drug-likeness (QED) is 0.228. The number of para-hydroxylation sites is 2. The van der Waals surface area contributed by atoms with Crippen molar-refractivity contribution in [3.05, 3.63) is 96.1 Å². The molecular weight excluding hydrogens is 454 g/mol. The first-order valence-electron chi connectivity index (χ1n) is 12.5. The van der Waals surface area contributed by atoms with Crippen molar-refractivity contribution in [1.82, 2.24) is 14.7 Å². The number of hydrogen-bond donors (Lipinski definition) is 1. The van der Waals surface area contributed by atoms with E-state index in [-0.39, 0.29) is 0 Å². The van der Waals surface area contributed by atoms with Gasteiger partial charge in [0.1, 0.15) is 11.5 Å². The van der Waals surface area contributed by atoms with E-state index in [0.717, 1.165) is 41.3 Å². The molecule has 4 rings (SSSR count). The van der Waals surface area contributed by atoms with Gasteiger partial charge in [0.15, 0.2) is 0 Å². The first kappa shape index (κ1) is 25.7. The van der Waals surface area contributed by atoms with E-state index in [1.807, 2.05) is 84.4 Å². The van der Waals surface area contributed by atoms with Gasteiger partial charge in [-0.15, -0.1) is 0 Å². The van der Waals surface area contributed by atoms with E-state index in [1.54, 1.807) is 6.26 Å². The molecule has 36 heavy (non-hydrogen) atoms. The summed E-state index contributed by atoms with van der Waals surface area (Å²) in [6.45, 7) is 6.55. The van der Waals surface area contributed by atoms with Crippen LogP contribution in [-0.2, 0) is 17.8 Å². The van der Waals surface area contributed by atoms with Gasteiger partial charge < -0.3 is 19.0 Å². The highest BCUT2D eigenvalue weighted by molar-refractivity contribution is 5.43. The van der Waals surface area contributed by atoms with Crippen LogP contribution in [0.1, 0.15) is 36.8 Å². The predicted molar refractivity (Wildman–Crippen MR) is 139 cm³/mol. The van der Waals surface area contributed by atoms with Gasteiger partial charge in [-0.1, -0.05) is 49.7 Å². The molecule has 7 heteroatoms. The second kappa shape index (κ2) is 13.1. The lowest BCUT2D eigenvalue weighted by Crippen LogP contribution is -2.34. The third kappa shape index (κ3) is 7.07. The Morgan fingerprint density at radius 3 is 2.44 bits per heavy atom. The largest absolute Gasteiger partial charge is 0.468 e. The summed E-state index contributed by atoms with van der Waals surface area (Å²) in [5.41, 5.74) is 2.73. The van der Waals surface area contributed by atoms with Crippen molar-refractivity contribution in [2.45, 2.75) is 45.9 Å². The summed E-state index contributed by atoms with van der Waals surface area (Å²) in [6.07, 6.45) is 3.09. The second-order valence-corrected chi connectivity index (χ2v) is 8.86. The number of aryl methyl sites for hydroxylation is 1. The molecular formula is C29H35N3O4. The fourth-order valence-corrected chi connectivity index (χ4v) is 4.02. The molecule has 2 aromatic carbocycles. The highest BCUT2D eigenvalue weighted by Crippen LogP contribution is 2.32. The average molecular weight is 490 g/mol. The highest BCUT2D eigenvalue weighted by Gasteiger charge is 2.23. The standard InChI is InChI=1S/C29H35N3O4/c1-3-4-17-34-22-25(33)19-31(20-27-16-11-18-35-27)21-28-23(2)30-32(24-12-7-5-8-13-24)29(28)36-26-14-9-6-10-15-26/h5-16,18,25,33H,3-4,17,19-22H2,1-2H3/t25-/m0/s1. The Morgan fingerprint density at radius 2 is 1.75 bits per heavy atom. The van der Waals surface area contributed by atoms with Crippen LogP contribution in [0.15, 0.2) is 83.5 Å². The molecule has 0 fully saturated rings. The minimum Gasteiger partial charge on any atom is -0.468 e. The molecule has 0 bridgehead atoms. The van der Waals surface area contributed by atoms with Gasteiger partial charge in [-0.05, 0) is 49.7 Å². The first-order valence-corrected chi connectivity index (χ1v) is 12.5. The number of hydrogen-bond acceptors (Lipinski definition) is 6. The molecule has 0 saturated heterocycles. The van der Waals surface area contributed by atoms with E-state index < -0.39 is 6.10 Å². The Morgan fingerprint density at radius 1 is 1.00 bits per heavy atom. The number of unbranched alkanes of at least 4 members (excludes halogenated alkanes) is 1. The zero-order chi connectivity index (χ0) is 25.2. The molecule has 0 unspecified atom stereocenters. The molecule has 2 heterocycles. The second-order valence-electron chi connectivity index (χ2n) is 8.86. The molecule has 0 amide bonds. The van der Waals surface area contributed by atoms with E-state index in [9.17, 15) is 5.11 Å². The van der Waals surface area contributed by atoms with Crippen molar-refractivity contribution in [2.24, 2.45) is 0 Å². The summed E-state index contributed by atoms with van der Waals surface area (Å²) in [4.78, 5) is 2.14. The molecule has 7 nitrogen and oxygen atoms in total. The van der Waals surface area contributed by atoms with Crippen LogP contribution in [0.2, 0.25) is 0 Å². The molecule has 0 aliphatic heterocycles. The molecule has 0 aliphatic carbocycles. The molecule has 1 atom stereocenters. The van der Waals surface area contributed by atoms with Crippen molar-refractivity contribution in [1.29, 1.82) is 0 Å². The monoisotopic (exact) mass is 489 g/mol. The summed E-state index contributed by atoms with van der Waals surface area (Å²) in [5.74, 6) is 2.22. The molecule has 0 radical (unpaired) electrons. The van der Waals surface area contributed by atoms with Crippen LogP contribution in [0.4, 0.5) is 0 Å². The van der Waals surface area contributed by atoms with Crippen molar-refractivity contribution in [3.63, 3.8) is 0 Å². The van der Waals surface area contributed by atoms with Crippen molar-refractivity contribution < 1.29 is 19.0 Å². The zero-order valence-corrected chi connectivity index (χ0v) is 21.0. The number of nitrogens with zero attached hydrogens (tertiary/aromatic N) is 3. The number of rotatable bonds is 14. The van der Waals surface area contributed by atoms with Crippen LogP contribution in [0.5, 0.6) is 11.6 Å². The summed E-state index contributed by atoms with van der Waals surface area (Å²) in [6, 6.07) is 23.5. The van der Waals surface area contributed by atoms with E-state index in [1.165, 1.54) is 0 Å². The maximum Gasteiger partial charge on any atom is 0.227 e. The normalized spacial score (nSPS) is 12.2. The number of aliphatic hydroxyl groups is 1. The van der Waals surface area contributed by atoms with E-state index >= 15 is 0 Å². The minimum absolute atomic E-state index is 0.296. The smallest absolute Gasteiger partial charge is 0.227 e. The van der Waals surface area contributed by atoms with Crippen molar-refractivity contribution in [3.8, 4) is 17.3 Å². The SMILES string of the molecule is CCCCOC[C@@H](O)CN(Cc1ccco1)Cc1c(C)nn(-c2ccccc2)c1Oc1ccccc1.